The summed E-state index contributed by atoms with van der Waals surface area (Å²) in [6.45, 7) is 4.00. The van der Waals surface area contributed by atoms with Crippen LogP contribution in [-0.4, -0.2) is 32.0 Å². The van der Waals surface area contributed by atoms with Crippen molar-refractivity contribution in [3.05, 3.63) is 5.82 Å². The zero-order valence-electron chi connectivity index (χ0n) is 9.34. The van der Waals surface area contributed by atoms with Gasteiger partial charge < -0.3 is 5.73 Å². The molecule has 0 saturated carbocycles. The smallest absolute Gasteiger partial charge is 0.182 e. The topological polar surface area (TPSA) is 86.7 Å². The van der Waals surface area contributed by atoms with Gasteiger partial charge in [0.2, 0.25) is 0 Å². The molecule has 6 heteroatoms. The summed E-state index contributed by atoms with van der Waals surface area (Å²) in [5, 5.41) is 11.3. The van der Waals surface area contributed by atoms with E-state index < -0.39 is 0 Å². The minimum absolute atomic E-state index is 0.0594. The van der Waals surface area contributed by atoms with Gasteiger partial charge in [-0.1, -0.05) is 13.8 Å². The fraction of sp³-hybridized carbons (Fsp3) is 0.778. The molecule has 1 unspecified atom stereocenters. The second kappa shape index (κ2) is 4.97. The first-order valence-corrected chi connectivity index (χ1v) is 4.99. The maximum Gasteiger partial charge on any atom is 0.182 e. The van der Waals surface area contributed by atoms with Gasteiger partial charge in [-0.3, -0.25) is 4.79 Å². The number of rotatable bonds is 5. The van der Waals surface area contributed by atoms with Crippen LogP contribution in [0.3, 0.4) is 0 Å². The van der Waals surface area contributed by atoms with Crippen molar-refractivity contribution in [2.75, 3.05) is 0 Å². The van der Waals surface area contributed by atoms with Gasteiger partial charge in [0.25, 0.3) is 0 Å². The molecule has 0 bridgehead atoms. The Labute approximate surface area is 88.8 Å². The van der Waals surface area contributed by atoms with Crippen molar-refractivity contribution in [2.24, 2.45) is 18.7 Å². The van der Waals surface area contributed by atoms with E-state index in [4.69, 9.17) is 5.73 Å². The Hall–Kier alpha value is -1.30. The molecule has 0 aliphatic carbocycles. The maximum atomic E-state index is 11.5. The summed E-state index contributed by atoms with van der Waals surface area (Å²) in [6.07, 6.45) is 0.587. The minimum atomic E-state index is -0.0887. The predicted molar refractivity (Wildman–Crippen MR) is 54.9 cm³/mol. The molecule has 0 aromatic carbocycles. The first kappa shape index (κ1) is 11.8. The van der Waals surface area contributed by atoms with Crippen LogP contribution >= 0.6 is 0 Å². The standard InChI is InChI=1S/C9H17N5O/c1-6(2)8(10)4-7(15)5-9-11-13-14(3)12-9/h6,8H,4-5,10H2,1-3H3. The van der Waals surface area contributed by atoms with Crippen molar-refractivity contribution in [3.8, 4) is 0 Å². The molecule has 0 spiro atoms. The van der Waals surface area contributed by atoms with E-state index >= 15 is 0 Å². The number of carbonyl (C=O) groups is 1. The lowest BCUT2D eigenvalue weighted by atomic mass is 9.99. The van der Waals surface area contributed by atoms with Crippen LogP contribution in [0.1, 0.15) is 26.1 Å². The molecular weight excluding hydrogens is 194 g/mol. The third-order valence-corrected chi connectivity index (χ3v) is 2.22. The molecule has 0 radical (unpaired) electrons. The summed E-state index contributed by atoms with van der Waals surface area (Å²) in [6, 6.07) is -0.0887. The first-order valence-electron chi connectivity index (χ1n) is 4.99. The number of carbonyl (C=O) groups excluding carboxylic acids is 1. The van der Waals surface area contributed by atoms with Gasteiger partial charge in [-0.25, -0.2) is 0 Å². The van der Waals surface area contributed by atoms with Gasteiger partial charge in [-0.15, -0.1) is 10.2 Å². The number of aromatic nitrogens is 4. The number of Topliss-reactive ketones (excluding diaryl/α,β-unsaturated/α-hetero) is 1. The second-order valence-electron chi connectivity index (χ2n) is 4.02. The Bertz CT molecular complexity index is 333. The van der Waals surface area contributed by atoms with E-state index in [9.17, 15) is 4.79 Å². The van der Waals surface area contributed by atoms with Crippen molar-refractivity contribution in [2.45, 2.75) is 32.7 Å². The molecule has 84 valence electrons. The van der Waals surface area contributed by atoms with Crippen LogP contribution in [-0.2, 0) is 18.3 Å². The largest absolute Gasteiger partial charge is 0.327 e. The highest BCUT2D eigenvalue weighted by molar-refractivity contribution is 5.80. The zero-order valence-corrected chi connectivity index (χ0v) is 9.34. The van der Waals surface area contributed by atoms with E-state index in [1.807, 2.05) is 13.8 Å². The lowest BCUT2D eigenvalue weighted by Gasteiger charge is -2.13. The van der Waals surface area contributed by atoms with Gasteiger partial charge in [0.15, 0.2) is 5.82 Å². The van der Waals surface area contributed by atoms with Crippen LogP contribution in [0.15, 0.2) is 0 Å². The van der Waals surface area contributed by atoms with Crippen molar-refractivity contribution in [1.29, 1.82) is 0 Å². The molecule has 0 aliphatic rings. The van der Waals surface area contributed by atoms with Crippen LogP contribution in [0, 0.1) is 5.92 Å². The van der Waals surface area contributed by atoms with E-state index in [2.05, 4.69) is 15.4 Å². The fourth-order valence-corrected chi connectivity index (χ4v) is 1.14. The van der Waals surface area contributed by atoms with E-state index in [-0.39, 0.29) is 18.2 Å². The van der Waals surface area contributed by atoms with Crippen molar-refractivity contribution in [3.63, 3.8) is 0 Å². The van der Waals surface area contributed by atoms with Gasteiger partial charge in [0.1, 0.15) is 5.78 Å². The van der Waals surface area contributed by atoms with Crippen molar-refractivity contribution >= 4 is 5.78 Å². The highest BCUT2D eigenvalue weighted by atomic mass is 16.1. The predicted octanol–water partition coefficient (Wildman–Crippen LogP) is -0.305. The number of hydrogen-bond acceptors (Lipinski definition) is 5. The van der Waals surface area contributed by atoms with Crippen LogP contribution in [0.5, 0.6) is 0 Å². The van der Waals surface area contributed by atoms with Gasteiger partial charge in [0.05, 0.1) is 13.5 Å². The van der Waals surface area contributed by atoms with Crippen molar-refractivity contribution < 1.29 is 4.79 Å². The molecule has 1 aromatic rings. The molecule has 6 nitrogen and oxygen atoms in total. The lowest BCUT2D eigenvalue weighted by Crippen LogP contribution is -2.29. The third kappa shape index (κ3) is 3.75. The molecule has 0 saturated heterocycles. The average molecular weight is 211 g/mol. The van der Waals surface area contributed by atoms with Crippen LogP contribution in [0.25, 0.3) is 0 Å². The van der Waals surface area contributed by atoms with Gasteiger partial charge in [-0.2, -0.15) is 4.80 Å². The summed E-state index contributed by atoms with van der Waals surface area (Å²) >= 11 is 0. The summed E-state index contributed by atoms with van der Waals surface area (Å²) in [5.74, 6) is 0.825. The van der Waals surface area contributed by atoms with Crippen molar-refractivity contribution in [1.82, 2.24) is 20.2 Å². The molecule has 0 fully saturated rings. The molecule has 0 aliphatic heterocycles. The first-order chi connectivity index (χ1) is 6.99. The lowest BCUT2D eigenvalue weighted by molar-refractivity contribution is -0.119. The molecule has 15 heavy (non-hydrogen) atoms. The highest BCUT2D eigenvalue weighted by Gasteiger charge is 2.15. The molecule has 1 heterocycles. The van der Waals surface area contributed by atoms with Gasteiger partial charge in [0, 0.05) is 12.5 Å². The average Bonchev–Trinajstić information content (AvgIpc) is 2.50. The monoisotopic (exact) mass is 211 g/mol. The van der Waals surface area contributed by atoms with Crippen LogP contribution in [0.2, 0.25) is 0 Å². The summed E-state index contributed by atoms with van der Waals surface area (Å²) < 4.78 is 0. The van der Waals surface area contributed by atoms with Gasteiger partial charge in [-0.05, 0) is 11.1 Å². The normalized spacial score (nSPS) is 13.1. The number of aryl methyl sites for hydroxylation is 1. The van der Waals surface area contributed by atoms with E-state index in [0.717, 1.165) is 0 Å². The maximum absolute atomic E-state index is 11.5. The highest BCUT2D eigenvalue weighted by Crippen LogP contribution is 2.05. The molecule has 0 amide bonds. The summed E-state index contributed by atoms with van der Waals surface area (Å²) in [5.41, 5.74) is 5.79. The Kier molecular flexibility index (Phi) is 3.90. The third-order valence-electron chi connectivity index (χ3n) is 2.22. The van der Waals surface area contributed by atoms with E-state index in [0.29, 0.717) is 18.2 Å². The number of tetrazole rings is 1. The Balaban J connectivity index is 2.43. The number of hydrogen-bond donors (Lipinski definition) is 1. The number of nitrogens with zero attached hydrogens (tertiary/aromatic N) is 4. The molecule has 1 atom stereocenters. The molecule has 1 rings (SSSR count). The fourth-order valence-electron chi connectivity index (χ4n) is 1.14. The van der Waals surface area contributed by atoms with E-state index in [1.165, 1.54) is 4.80 Å². The number of nitrogens with two attached hydrogens (primary N) is 1. The Morgan fingerprint density at radius 1 is 1.53 bits per heavy atom. The van der Waals surface area contributed by atoms with Gasteiger partial charge >= 0.3 is 0 Å². The Morgan fingerprint density at radius 3 is 2.67 bits per heavy atom. The summed E-state index contributed by atoms with van der Waals surface area (Å²) in [7, 11) is 1.67. The molecule has 1 aromatic heterocycles. The quantitative estimate of drug-likeness (QED) is 0.722. The van der Waals surface area contributed by atoms with Crippen LogP contribution in [0.4, 0.5) is 0 Å². The second-order valence-corrected chi connectivity index (χ2v) is 4.02. The number of ketones is 1. The zero-order chi connectivity index (χ0) is 11.4. The minimum Gasteiger partial charge on any atom is -0.327 e. The Morgan fingerprint density at radius 2 is 2.20 bits per heavy atom. The molecule has 2 N–H and O–H groups in total. The van der Waals surface area contributed by atoms with Crippen LogP contribution < -0.4 is 5.73 Å². The van der Waals surface area contributed by atoms with E-state index in [1.54, 1.807) is 7.05 Å². The summed E-state index contributed by atoms with van der Waals surface area (Å²) in [4.78, 5) is 12.9. The molecular formula is C9H17N5O. The SMILES string of the molecule is CC(C)C(N)CC(=O)Cc1nnn(C)n1.